The first-order valence-electron chi connectivity index (χ1n) is 9.01. The molecule has 0 fully saturated rings. The van der Waals surface area contributed by atoms with Crippen molar-refractivity contribution in [1.82, 2.24) is 14.5 Å². The van der Waals surface area contributed by atoms with Gasteiger partial charge in [-0.2, -0.15) is 8.78 Å². The Morgan fingerprint density at radius 2 is 2.13 bits per heavy atom. The van der Waals surface area contributed by atoms with Gasteiger partial charge in [0, 0.05) is 12.4 Å². The zero-order chi connectivity index (χ0) is 21.4. The molecule has 1 unspecified atom stereocenters. The average molecular weight is 433 g/mol. The van der Waals surface area contributed by atoms with Crippen LogP contribution in [0.4, 0.5) is 19.6 Å². The second-order valence-electron chi connectivity index (χ2n) is 6.57. The first-order chi connectivity index (χ1) is 14.3. The smallest absolute Gasteiger partial charge is 0.320 e. The summed E-state index contributed by atoms with van der Waals surface area (Å²) in [6, 6.07) is 6.95. The van der Waals surface area contributed by atoms with Crippen molar-refractivity contribution < 1.29 is 23.1 Å². The molecule has 0 bridgehead atoms. The van der Waals surface area contributed by atoms with Gasteiger partial charge in [-0.25, -0.2) is 9.97 Å². The molecule has 11 heteroatoms. The Balaban J connectivity index is 1.53. The van der Waals surface area contributed by atoms with E-state index in [1.165, 1.54) is 17.3 Å². The molecular weight excluding hydrogens is 416 g/mol. The molecule has 1 atom stereocenters. The molecule has 1 N–H and O–H groups in total. The number of thiazole rings is 1. The first-order valence-corrected chi connectivity index (χ1v) is 9.82. The fraction of sp³-hybridized carbons (Fsp3) is 0.263. The molecule has 8 nitrogen and oxygen atoms in total. The Morgan fingerprint density at radius 3 is 2.90 bits per heavy atom. The van der Waals surface area contributed by atoms with Crippen LogP contribution in [0.3, 0.4) is 0 Å². The molecule has 0 aliphatic carbocycles. The van der Waals surface area contributed by atoms with Crippen molar-refractivity contribution in [1.29, 1.82) is 0 Å². The minimum Gasteiger partial charge on any atom is -0.479 e. The molecule has 156 valence electrons. The lowest BCUT2D eigenvalue weighted by Crippen LogP contribution is -2.47. The molecule has 0 saturated heterocycles. The molecular formula is C19H17F2N5O3S. The maximum Gasteiger partial charge on any atom is 0.320 e. The summed E-state index contributed by atoms with van der Waals surface area (Å²) in [6.45, 7) is 0.292. The second kappa shape index (κ2) is 7.82. The SMILES string of the molecule is Cc1nc(NC(=O)CN2C(=O)C(C)Oc3ccccc32)sc1-c1nccn1C(F)F. The maximum atomic E-state index is 13.1. The van der Waals surface area contributed by atoms with Gasteiger partial charge in [0.05, 0.1) is 16.3 Å². The van der Waals surface area contributed by atoms with Crippen LogP contribution in [0.15, 0.2) is 36.7 Å². The van der Waals surface area contributed by atoms with Crippen LogP contribution < -0.4 is 15.0 Å². The van der Waals surface area contributed by atoms with Crippen molar-refractivity contribution in [2.45, 2.75) is 26.5 Å². The number of hydrogen-bond acceptors (Lipinski definition) is 6. The highest BCUT2D eigenvalue weighted by Gasteiger charge is 2.32. The lowest BCUT2D eigenvalue weighted by atomic mass is 10.2. The number of carbonyl (C=O) groups is 2. The number of nitrogens with one attached hydrogen (secondary N) is 1. The van der Waals surface area contributed by atoms with Crippen LogP contribution in [0.2, 0.25) is 0 Å². The number of anilines is 2. The summed E-state index contributed by atoms with van der Waals surface area (Å²) in [6.07, 6.45) is 1.75. The molecule has 1 aliphatic rings. The summed E-state index contributed by atoms with van der Waals surface area (Å²) in [5, 5.41) is 2.87. The predicted octanol–water partition coefficient (Wildman–Crippen LogP) is 3.46. The van der Waals surface area contributed by atoms with Crippen LogP contribution >= 0.6 is 11.3 Å². The summed E-state index contributed by atoms with van der Waals surface area (Å²) in [4.78, 5) is 35.1. The second-order valence-corrected chi connectivity index (χ2v) is 7.57. The van der Waals surface area contributed by atoms with E-state index < -0.39 is 18.6 Å². The molecule has 3 heterocycles. The van der Waals surface area contributed by atoms with E-state index in [9.17, 15) is 18.4 Å². The number of aryl methyl sites for hydroxylation is 1. The van der Waals surface area contributed by atoms with Crippen LogP contribution in [-0.2, 0) is 9.59 Å². The van der Waals surface area contributed by atoms with Crippen LogP contribution in [0, 0.1) is 6.92 Å². The summed E-state index contributed by atoms with van der Waals surface area (Å²) in [5.74, 6) is -0.209. The van der Waals surface area contributed by atoms with Crippen molar-refractivity contribution in [3.63, 3.8) is 0 Å². The largest absolute Gasteiger partial charge is 0.479 e. The lowest BCUT2D eigenvalue weighted by Gasteiger charge is -2.32. The van der Waals surface area contributed by atoms with E-state index in [0.29, 0.717) is 22.0 Å². The predicted molar refractivity (Wildman–Crippen MR) is 107 cm³/mol. The van der Waals surface area contributed by atoms with Gasteiger partial charge in [0.1, 0.15) is 12.3 Å². The van der Waals surface area contributed by atoms with Crippen LogP contribution in [0.1, 0.15) is 19.2 Å². The number of ether oxygens (including phenoxy) is 1. The maximum absolute atomic E-state index is 13.1. The number of aromatic nitrogens is 3. The number of benzene rings is 1. The number of amides is 2. The van der Waals surface area contributed by atoms with Crippen molar-refractivity contribution in [2.24, 2.45) is 0 Å². The van der Waals surface area contributed by atoms with Crippen molar-refractivity contribution in [2.75, 3.05) is 16.8 Å². The van der Waals surface area contributed by atoms with Gasteiger partial charge in [0.15, 0.2) is 17.1 Å². The third-order valence-electron chi connectivity index (χ3n) is 4.50. The number of rotatable bonds is 5. The van der Waals surface area contributed by atoms with E-state index in [1.54, 1.807) is 38.1 Å². The fourth-order valence-electron chi connectivity index (χ4n) is 3.13. The van der Waals surface area contributed by atoms with Crippen LogP contribution in [-0.4, -0.2) is 39.0 Å². The summed E-state index contributed by atoms with van der Waals surface area (Å²) >= 11 is 1.04. The topological polar surface area (TPSA) is 89.3 Å². The number of halogens is 2. The Labute approximate surface area is 174 Å². The monoisotopic (exact) mass is 433 g/mol. The Hall–Kier alpha value is -3.34. The molecule has 3 aromatic rings. The minimum atomic E-state index is -2.74. The highest BCUT2D eigenvalue weighted by atomic mass is 32.1. The van der Waals surface area contributed by atoms with Crippen molar-refractivity contribution >= 4 is 34.0 Å². The fourth-order valence-corrected chi connectivity index (χ4v) is 4.11. The number of hydrogen-bond donors (Lipinski definition) is 1. The number of alkyl halides is 2. The normalized spacial score (nSPS) is 15.8. The van der Waals surface area contributed by atoms with Crippen molar-refractivity contribution in [3.05, 3.63) is 42.4 Å². The number of fused-ring (bicyclic) bond motifs is 1. The molecule has 2 amide bonds. The van der Waals surface area contributed by atoms with E-state index in [0.717, 1.165) is 15.9 Å². The molecule has 1 aromatic carbocycles. The Kier molecular flexibility index (Phi) is 5.20. The quantitative estimate of drug-likeness (QED) is 0.666. The van der Waals surface area contributed by atoms with Gasteiger partial charge in [-0.15, -0.1) is 0 Å². The summed E-state index contributed by atoms with van der Waals surface area (Å²) in [7, 11) is 0. The third-order valence-corrected chi connectivity index (χ3v) is 5.57. The molecule has 0 saturated carbocycles. The highest BCUT2D eigenvalue weighted by Crippen LogP contribution is 2.35. The Morgan fingerprint density at radius 1 is 1.37 bits per heavy atom. The van der Waals surface area contributed by atoms with Gasteiger partial charge in [0.2, 0.25) is 5.91 Å². The standard InChI is InChI=1S/C19H17F2N5O3S/c1-10-15(16-22-7-8-25(16)18(20)21)30-19(23-10)24-14(27)9-26-12-5-3-4-6-13(12)29-11(2)17(26)28/h3-8,11,18H,9H2,1-2H3,(H,23,24,27). The summed E-state index contributed by atoms with van der Waals surface area (Å²) < 4.78 is 32.6. The zero-order valence-electron chi connectivity index (χ0n) is 16.0. The van der Waals surface area contributed by atoms with Gasteiger partial charge >= 0.3 is 6.55 Å². The number of para-hydroxylation sites is 2. The lowest BCUT2D eigenvalue weighted by molar-refractivity contribution is -0.127. The molecule has 0 spiro atoms. The molecule has 2 aromatic heterocycles. The molecule has 0 radical (unpaired) electrons. The van der Waals surface area contributed by atoms with E-state index in [-0.39, 0.29) is 23.4 Å². The van der Waals surface area contributed by atoms with Crippen molar-refractivity contribution in [3.8, 4) is 16.5 Å². The highest BCUT2D eigenvalue weighted by molar-refractivity contribution is 7.19. The third kappa shape index (κ3) is 3.63. The number of imidazole rings is 1. The summed E-state index contributed by atoms with van der Waals surface area (Å²) in [5.41, 5.74) is 0.968. The number of carbonyl (C=O) groups excluding carboxylic acids is 2. The number of nitrogens with zero attached hydrogens (tertiary/aromatic N) is 4. The van der Waals surface area contributed by atoms with E-state index >= 15 is 0 Å². The Bertz CT molecular complexity index is 1110. The molecule has 4 rings (SSSR count). The van der Waals surface area contributed by atoms with Gasteiger partial charge in [-0.1, -0.05) is 23.5 Å². The first kappa shape index (κ1) is 20.0. The van der Waals surface area contributed by atoms with E-state index in [2.05, 4.69) is 15.3 Å². The van der Waals surface area contributed by atoms with E-state index in [4.69, 9.17) is 4.74 Å². The minimum absolute atomic E-state index is 0.0756. The van der Waals surface area contributed by atoms with Gasteiger partial charge in [0.25, 0.3) is 5.91 Å². The van der Waals surface area contributed by atoms with Crippen LogP contribution in [0.5, 0.6) is 5.75 Å². The average Bonchev–Trinajstić information content (AvgIpc) is 3.31. The van der Waals surface area contributed by atoms with Crippen LogP contribution in [0.25, 0.3) is 10.7 Å². The van der Waals surface area contributed by atoms with Gasteiger partial charge in [-0.05, 0) is 26.0 Å². The molecule has 30 heavy (non-hydrogen) atoms. The zero-order valence-corrected chi connectivity index (χ0v) is 16.8. The van der Waals surface area contributed by atoms with Gasteiger partial charge in [-0.3, -0.25) is 19.1 Å². The van der Waals surface area contributed by atoms with E-state index in [1.807, 2.05) is 0 Å². The molecule has 1 aliphatic heterocycles. The van der Waals surface area contributed by atoms with Gasteiger partial charge < -0.3 is 10.1 Å².